The van der Waals surface area contributed by atoms with Gasteiger partial charge < -0.3 is 4.57 Å². The molecule has 7 rings (SSSR count). The van der Waals surface area contributed by atoms with E-state index in [1.165, 1.54) is 55.3 Å². The SMILES string of the molecule is c1ccc(C2c3ccccc3-c3cc(-n4c5ccccc5c5ccccc54)ccc32)cc1. The first-order valence-corrected chi connectivity index (χ1v) is 11.2. The fourth-order valence-corrected chi connectivity index (χ4v) is 5.54. The molecule has 1 heterocycles. The molecule has 0 radical (unpaired) electrons. The molecule has 0 saturated heterocycles. The first kappa shape index (κ1) is 17.6. The second-order valence-electron chi connectivity index (χ2n) is 8.57. The van der Waals surface area contributed by atoms with Gasteiger partial charge in [-0.25, -0.2) is 0 Å². The van der Waals surface area contributed by atoms with Crippen LogP contribution >= 0.6 is 0 Å². The summed E-state index contributed by atoms with van der Waals surface area (Å²) in [5, 5.41) is 2.59. The van der Waals surface area contributed by atoms with Crippen molar-refractivity contribution in [2.45, 2.75) is 5.92 Å². The molecular weight excluding hydrogens is 386 g/mol. The Kier molecular flexibility index (Phi) is 3.68. The van der Waals surface area contributed by atoms with Gasteiger partial charge >= 0.3 is 0 Å². The van der Waals surface area contributed by atoms with Gasteiger partial charge in [0.05, 0.1) is 11.0 Å². The van der Waals surface area contributed by atoms with Crippen LogP contribution in [0.4, 0.5) is 0 Å². The molecule has 0 N–H and O–H groups in total. The van der Waals surface area contributed by atoms with Crippen molar-refractivity contribution in [3.63, 3.8) is 0 Å². The zero-order chi connectivity index (χ0) is 21.1. The normalized spacial score (nSPS) is 14.6. The van der Waals surface area contributed by atoms with E-state index in [0.717, 1.165) is 0 Å². The summed E-state index contributed by atoms with van der Waals surface area (Å²) in [5.41, 5.74) is 10.5. The maximum absolute atomic E-state index is 2.41. The first-order valence-electron chi connectivity index (χ1n) is 11.2. The lowest BCUT2D eigenvalue weighted by Crippen LogP contribution is -1.99. The van der Waals surface area contributed by atoms with Crippen molar-refractivity contribution >= 4 is 21.8 Å². The Bertz CT molecular complexity index is 1570. The highest BCUT2D eigenvalue weighted by molar-refractivity contribution is 6.09. The van der Waals surface area contributed by atoms with Gasteiger partial charge in [-0.15, -0.1) is 0 Å². The summed E-state index contributed by atoms with van der Waals surface area (Å²) in [4.78, 5) is 0. The fraction of sp³-hybridized carbons (Fsp3) is 0.0323. The van der Waals surface area contributed by atoms with Crippen LogP contribution in [0, 0.1) is 0 Å². The van der Waals surface area contributed by atoms with Crippen molar-refractivity contribution in [2.24, 2.45) is 0 Å². The lowest BCUT2D eigenvalue weighted by atomic mass is 9.89. The third-order valence-corrected chi connectivity index (χ3v) is 6.88. The number of hydrogen-bond donors (Lipinski definition) is 0. The molecule has 5 aromatic carbocycles. The van der Waals surface area contributed by atoms with Crippen LogP contribution in [0.15, 0.2) is 121 Å². The number of benzene rings is 5. The van der Waals surface area contributed by atoms with Crippen molar-refractivity contribution in [1.29, 1.82) is 0 Å². The van der Waals surface area contributed by atoms with E-state index >= 15 is 0 Å². The number of para-hydroxylation sites is 2. The fourth-order valence-electron chi connectivity index (χ4n) is 5.54. The molecule has 0 spiro atoms. The summed E-state index contributed by atoms with van der Waals surface area (Å²) < 4.78 is 2.41. The Balaban J connectivity index is 1.51. The summed E-state index contributed by atoms with van der Waals surface area (Å²) in [6.07, 6.45) is 0. The molecule has 0 saturated carbocycles. The van der Waals surface area contributed by atoms with Gasteiger partial charge in [0.25, 0.3) is 0 Å². The number of hydrogen-bond acceptors (Lipinski definition) is 0. The molecular formula is C31H21N. The van der Waals surface area contributed by atoms with Gasteiger partial charge in [-0.3, -0.25) is 0 Å². The molecule has 6 aromatic rings. The molecule has 150 valence electrons. The lowest BCUT2D eigenvalue weighted by molar-refractivity contribution is 1.01. The van der Waals surface area contributed by atoms with Gasteiger partial charge in [-0.2, -0.15) is 0 Å². The van der Waals surface area contributed by atoms with Crippen LogP contribution in [0.2, 0.25) is 0 Å². The number of rotatable bonds is 2. The Morgan fingerprint density at radius 1 is 0.469 bits per heavy atom. The minimum Gasteiger partial charge on any atom is -0.309 e. The monoisotopic (exact) mass is 407 g/mol. The van der Waals surface area contributed by atoms with Gasteiger partial charge in [0.1, 0.15) is 0 Å². The molecule has 1 nitrogen and oxygen atoms in total. The van der Waals surface area contributed by atoms with E-state index in [1.54, 1.807) is 0 Å². The Morgan fingerprint density at radius 3 is 1.81 bits per heavy atom. The van der Waals surface area contributed by atoms with Crippen molar-refractivity contribution < 1.29 is 0 Å². The molecule has 1 unspecified atom stereocenters. The maximum Gasteiger partial charge on any atom is 0.0541 e. The summed E-state index contributed by atoms with van der Waals surface area (Å²) in [7, 11) is 0. The topological polar surface area (TPSA) is 4.93 Å². The predicted octanol–water partition coefficient (Wildman–Crippen LogP) is 7.94. The van der Waals surface area contributed by atoms with Crippen LogP contribution in [-0.4, -0.2) is 4.57 Å². The van der Waals surface area contributed by atoms with Crippen LogP contribution in [0.3, 0.4) is 0 Å². The molecule has 1 aliphatic carbocycles. The predicted molar refractivity (Wildman–Crippen MR) is 134 cm³/mol. The number of nitrogens with zero attached hydrogens (tertiary/aromatic N) is 1. The molecule has 1 aliphatic rings. The molecule has 1 heteroatoms. The number of aromatic nitrogens is 1. The quantitative estimate of drug-likeness (QED) is 0.274. The minimum absolute atomic E-state index is 0.287. The molecule has 32 heavy (non-hydrogen) atoms. The lowest BCUT2D eigenvalue weighted by Gasteiger charge is -2.15. The Labute approximate surface area is 187 Å². The molecule has 0 bridgehead atoms. The average Bonchev–Trinajstić information content (AvgIpc) is 3.37. The second kappa shape index (κ2) is 6.70. The van der Waals surface area contributed by atoms with Crippen LogP contribution < -0.4 is 0 Å². The highest BCUT2D eigenvalue weighted by Crippen LogP contribution is 2.48. The van der Waals surface area contributed by atoms with Crippen molar-refractivity contribution in [3.05, 3.63) is 138 Å². The standard InChI is InChI=1S/C31H21N/c1-2-10-21(11-3-1)31-26-15-5-4-12-23(26)28-20-22(18-19-27(28)31)32-29-16-8-6-13-24(29)25-14-7-9-17-30(25)32/h1-20,31H. The Hall–Kier alpha value is -4.10. The smallest absolute Gasteiger partial charge is 0.0541 e. The van der Waals surface area contributed by atoms with E-state index in [4.69, 9.17) is 0 Å². The average molecular weight is 408 g/mol. The van der Waals surface area contributed by atoms with Crippen molar-refractivity contribution in [2.75, 3.05) is 0 Å². The third-order valence-electron chi connectivity index (χ3n) is 6.88. The molecule has 0 fully saturated rings. The van der Waals surface area contributed by atoms with Gasteiger partial charge in [0, 0.05) is 22.4 Å². The zero-order valence-corrected chi connectivity index (χ0v) is 17.6. The van der Waals surface area contributed by atoms with Crippen LogP contribution in [-0.2, 0) is 0 Å². The number of fused-ring (bicyclic) bond motifs is 6. The van der Waals surface area contributed by atoms with E-state index in [0.29, 0.717) is 0 Å². The first-order chi connectivity index (χ1) is 15.9. The van der Waals surface area contributed by atoms with E-state index in [1.807, 2.05) is 0 Å². The summed E-state index contributed by atoms with van der Waals surface area (Å²) in [5.74, 6) is 0.287. The zero-order valence-electron chi connectivity index (χ0n) is 17.6. The molecule has 0 amide bonds. The van der Waals surface area contributed by atoms with Crippen molar-refractivity contribution in [3.8, 4) is 16.8 Å². The highest BCUT2D eigenvalue weighted by atomic mass is 15.0. The van der Waals surface area contributed by atoms with Gasteiger partial charge in [0.2, 0.25) is 0 Å². The third kappa shape index (κ3) is 2.39. The van der Waals surface area contributed by atoms with E-state index in [9.17, 15) is 0 Å². The summed E-state index contributed by atoms with van der Waals surface area (Å²) in [6.45, 7) is 0. The highest BCUT2D eigenvalue weighted by Gasteiger charge is 2.30. The molecule has 0 aliphatic heterocycles. The van der Waals surface area contributed by atoms with Gasteiger partial charge in [-0.1, -0.05) is 97.1 Å². The Morgan fingerprint density at radius 2 is 1.06 bits per heavy atom. The van der Waals surface area contributed by atoms with Gasteiger partial charge in [-0.05, 0) is 52.1 Å². The molecule has 1 aromatic heterocycles. The van der Waals surface area contributed by atoms with Crippen molar-refractivity contribution in [1.82, 2.24) is 4.57 Å². The van der Waals surface area contributed by atoms with Crippen LogP contribution in [0.5, 0.6) is 0 Å². The largest absolute Gasteiger partial charge is 0.309 e. The summed E-state index contributed by atoms with van der Waals surface area (Å²) >= 11 is 0. The second-order valence-corrected chi connectivity index (χ2v) is 8.57. The van der Waals surface area contributed by atoms with Crippen LogP contribution in [0.25, 0.3) is 38.6 Å². The van der Waals surface area contributed by atoms with E-state index < -0.39 is 0 Å². The summed E-state index contributed by atoms with van der Waals surface area (Å²) in [6, 6.07) is 44.2. The van der Waals surface area contributed by atoms with E-state index in [2.05, 4.69) is 126 Å². The van der Waals surface area contributed by atoms with Crippen LogP contribution in [0.1, 0.15) is 22.6 Å². The minimum atomic E-state index is 0.287. The maximum atomic E-state index is 2.41. The van der Waals surface area contributed by atoms with E-state index in [-0.39, 0.29) is 5.92 Å². The molecule has 1 atom stereocenters. The van der Waals surface area contributed by atoms with Gasteiger partial charge in [0.15, 0.2) is 0 Å².